The molecule has 0 amide bonds. The molecular formula is C2H19N3O4. The Morgan fingerprint density at radius 3 is 1.11 bits per heavy atom. The maximum absolute atomic E-state index is 7.75. The monoisotopic (exact) mass is 149 g/mol. The van der Waals surface area contributed by atoms with Crippen molar-refractivity contribution in [1.29, 1.82) is 0 Å². The second-order valence-corrected chi connectivity index (χ2v) is 0.512. The van der Waals surface area contributed by atoms with E-state index >= 15 is 0 Å². The van der Waals surface area contributed by atoms with Gasteiger partial charge >= 0.3 is 0 Å². The van der Waals surface area contributed by atoms with E-state index in [0.717, 1.165) is 0 Å². The number of aliphatic hydroxyl groups excluding tert-OH is 1. The van der Waals surface area contributed by atoms with E-state index in [-0.39, 0.29) is 35.3 Å². The van der Waals surface area contributed by atoms with E-state index in [1.807, 2.05) is 0 Å². The standard InChI is InChI=1S/C2H7NO.2H3N.3H2O/c3-1-2-4;;;;;/h4H,1-3H2;2*1H3;3*1H2. The van der Waals surface area contributed by atoms with E-state index in [2.05, 4.69) is 0 Å². The summed E-state index contributed by atoms with van der Waals surface area (Å²) in [6, 6.07) is 0. The molecule has 0 spiro atoms. The molecule has 0 saturated heterocycles. The third kappa shape index (κ3) is 487. The van der Waals surface area contributed by atoms with Crippen LogP contribution in [0.25, 0.3) is 0 Å². The molecule has 0 aliphatic rings. The second kappa shape index (κ2) is 118. The Balaban J connectivity index is -0.00000000450. The van der Waals surface area contributed by atoms with Crippen LogP contribution in [-0.4, -0.2) is 34.7 Å². The minimum absolute atomic E-state index is 0. The van der Waals surface area contributed by atoms with Gasteiger partial charge in [0.05, 0.1) is 6.61 Å². The highest BCUT2D eigenvalue weighted by Crippen LogP contribution is 1.33. The Bertz CT molecular complexity index is 15.8. The number of rotatable bonds is 1. The fourth-order valence-electron chi connectivity index (χ4n) is 0. The number of aliphatic hydroxyl groups is 1. The third-order valence-electron chi connectivity index (χ3n) is 0.129. The van der Waals surface area contributed by atoms with E-state index < -0.39 is 0 Å². The lowest BCUT2D eigenvalue weighted by molar-refractivity contribution is 0.306. The molecular weight excluding hydrogens is 130 g/mol. The van der Waals surface area contributed by atoms with Crippen molar-refractivity contribution in [3.05, 3.63) is 0 Å². The van der Waals surface area contributed by atoms with Crippen LogP contribution in [0.2, 0.25) is 0 Å². The smallest absolute Gasteiger partial charge is 0.0553 e. The van der Waals surface area contributed by atoms with Gasteiger partial charge in [0.2, 0.25) is 0 Å². The largest absolute Gasteiger partial charge is 0.412 e. The molecule has 0 unspecified atom stereocenters. The molecule has 15 N–H and O–H groups in total. The molecule has 7 heteroatoms. The predicted octanol–water partition coefficient (Wildman–Crippen LogP) is -3.21. The average molecular weight is 149 g/mol. The van der Waals surface area contributed by atoms with Crippen molar-refractivity contribution in [1.82, 2.24) is 12.3 Å². The van der Waals surface area contributed by atoms with Gasteiger partial charge < -0.3 is 39.6 Å². The minimum atomic E-state index is 0. The van der Waals surface area contributed by atoms with Crippen LogP contribution in [0, 0.1) is 0 Å². The summed E-state index contributed by atoms with van der Waals surface area (Å²) in [5, 5.41) is 7.75. The highest BCUT2D eigenvalue weighted by atomic mass is 16.3. The van der Waals surface area contributed by atoms with Gasteiger partial charge in [-0.1, -0.05) is 0 Å². The highest BCUT2D eigenvalue weighted by Gasteiger charge is 1.56. The summed E-state index contributed by atoms with van der Waals surface area (Å²) in [5.74, 6) is 0. The summed E-state index contributed by atoms with van der Waals surface area (Å²) in [6.07, 6.45) is 0. The number of hydrogen-bond acceptors (Lipinski definition) is 4. The quantitative estimate of drug-likeness (QED) is 0.303. The summed E-state index contributed by atoms with van der Waals surface area (Å²) >= 11 is 0. The maximum atomic E-state index is 7.75. The van der Waals surface area contributed by atoms with Crippen LogP contribution < -0.4 is 18.0 Å². The molecule has 0 aliphatic heterocycles. The summed E-state index contributed by atoms with van der Waals surface area (Å²) < 4.78 is 0. The van der Waals surface area contributed by atoms with Crippen LogP contribution in [0.3, 0.4) is 0 Å². The molecule has 0 bridgehead atoms. The Labute approximate surface area is 54.0 Å². The number of nitrogens with two attached hydrogens (primary N) is 1. The van der Waals surface area contributed by atoms with Crippen LogP contribution >= 0.6 is 0 Å². The van der Waals surface area contributed by atoms with Crippen LogP contribution in [-0.2, 0) is 0 Å². The van der Waals surface area contributed by atoms with E-state index in [4.69, 9.17) is 10.8 Å². The topological polar surface area (TPSA) is 211 Å². The van der Waals surface area contributed by atoms with E-state index in [9.17, 15) is 0 Å². The molecule has 0 aliphatic carbocycles. The van der Waals surface area contributed by atoms with Gasteiger partial charge in [-0.05, 0) is 0 Å². The Hall–Kier alpha value is -0.280. The van der Waals surface area contributed by atoms with E-state index in [1.165, 1.54) is 0 Å². The van der Waals surface area contributed by atoms with Gasteiger partial charge in [-0.3, -0.25) is 0 Å². The second-order valence-electron chi connectivity index (χ2n) is 0.512. The van der Waals surface area contributed by atoms with Crippen LogP contribution in [0.15, 0.2) is 0 Å². The summed E-state index contributed by atoms with van der Waals surface area (Å²) in [6.45, 7) is 0.472. The zero-order valence-electron chi connectivity index (χ0n) is 5.35. The zero-order chi connectivity index (χ0) is 3.41. The minimum Gasteiger partial charge on any atom is -0.412 e. The van der Waals surface area contributed by atoms with Gasteiger partial charge in [0.1, 0.15) is 0 Å². The van der Waals surface area contributed by atoms with Gasteiger partial charge in [-0.25, -0.2) is 0 Å². The summed E-state index contributed by atoms with van der Waals surface area (Å²) in [5.41, 5.74) is 4.78. The third-order valence-corrected chi connectivity index (χ3v) is 0.129. The Morgan fingerprint density at radius 1 is 1.00 bits per heavy atom. The van der Waals surface area contributed by atoms with Gasteiger partial charge in [0, 0.05) is 6.54 Å². The van der Waals surface area contributed by atoms with E-state index in [0.29, 0.717) is 6.54 Å². The van der Waals surface area contributed by atoms with E-state index in [1.54, 1.807) is 0 Å². The highest BCUT2D eigenvalue weighted by molar-refractivity contribution is 4.17. The lowest BCUT2D eigenvalue weighted by Crippen LogP contribution is -2.02. The molecule has 0 radical (unpaired) electrons. The maximum Gasteiger partial charge on any atom is 0.0553 e. The van der Waals surface area contributed by atoms with Gasteiger partial charge in [-0.15, -0.1) is 0 Å². The fourth-order valence-corrected chi connectivity index (χ4v) is 0. The molecule has 0 rings (SSSR count). The average Bonchev–Trinajstić information content (AvgIpc) is 1.37. The SMILES string of the molecule is N.N.NCCO.O.O.O. The van der Waals surface area contributed by atoms with Crippen LogP contribution in [0.4, 0.5) is 0 Å². The molecule has 7 nitrogen and oxygen atoms in total. The molecule has 0 aromatic rings. The molecule has 9 heavy (non-hydrogen) atoms. The van der Waals surface area contributed by atoms with Crippen LogP contribution in [0.5, 0.6) is 0 Å². The summed E-state index contributed by atoms with van der Waals surface area (Å²) in [7, 11) is 0. The number of hydrogen-bond donors (Lipinski definition) is 4. The fraction of sp³-hybridized carbons (Fsp3) is 1.00. The normalized spacial score (nSPS) is 3.33. The molecule has 0 atom stereocenters. The molecule has 0 saturated carbocycles. The van der Waals surface area contributed by atoms with Gasteiger partial charge in [-0.2, -0.15) is 0 Å². The molecule has 0 aromatic heterocycles. The first-order valence-corrected chi connectivity index (χ1v) is 1.22. The lowest BCUT2D eigenvalue weighted by Gasteiger charge is -1.71. The Kier molecular flexibility index (Phi) is 920. The first-order valence-electron chi connectivity index (χ1n) is 1.22. The first kappa shape index (κ1) is 70.2. The molecule has 66 valence electrons. The Morgan fingerprint density at radius 2 is 1.11 bits per heavy atom. The molecule has 0 heterocycles. The zero-order valence-corrected chi connectivity index (χ0v) is 5.35. The molecule has 0 fully saturated rings. The van der Waals surface area contributed by atoms with Crippen molar-refractivity contribution in [2.75, 3.05) is 13.2 Å². The van der Waals surface area contributed by atoms with Crippen molar-refractivity contribution >= 4 is 0 Å². The predicted molar refractivity (Wildman–Crippen MR) is 37.0 cm³/mol. The van der Waals surface area contributed by atoms with Crippen molar-refractivity contribution in [2.45, 2.75) is 0 Å². The summed E-state index contributed by atoms with van der Waals surface area (Å²) in [4.78, 5) is 0. The first-order chi connectivity index (χ1) is 1.91. The van der Waals surface area contributed by atoms with Crippen molar-refractivity contribution in [3.63, 3.8) is 0 Å². The van der Waals surface area contributed by atoms with Crippen molar-refractivity contribution in [3.8, 4) is 0 Å². The van der Waals surface area contributed by atoms with Crippen molar-refractivity contribution < 1.29 is 21.5 Å². The van der Waals surface area contributed by atoms with Crippen LogP contribution in [0.1, 0.15) is 0 Å². The van der Waals surface area contributed by atoms with Gasteiger partial charge in [0.15, 0.2) is 0 Å². The van der Waals surface area contributed by atoms with Crippen molar-refractivity contribution in [2.24, 2.45) is 5.73 Å². The van der Waals surface area contributed by atoms with Gasteiger partial charge in [0.25, 0.3) is 0 Å². The molecule has 0 aromatic carbocycles. The lowest BCUT2D eigenvalue weighted by atomic mass is 10.8.